The van der Waals surface area contributed by atoms with Crippen molar-refractivity contribution in [2.75, 3.05) is 6.26 Å². The molecule has 0 rings (SSSR count). The van der Waals surface area contributed by atoms with Gasteiger partial charge in [0, 0.05) is 6.26 Å². The Morgan fingerprint density at radius 3 is 2.10 bits per heavy atom. The van der Waals surface area contributed by atoms with Crippen molar-refractivity contribution in [2.24, 2.45) is 0 Å². The van der Waals surface area contributed by atoms with Gasteiger partial charge in [-0.15, -0.1) is 0 Å². The van der Waals surface area contributed by atoms with Gasteiger partial charge in [-0.1, -0.05) is 18.5 Å². The van der Waals surface area contributed by atoms with Crippen LogP contribution in [0.25, 0.3) is 0 Å². The predicted octanol–water partition coefficient (Wildman–Crippen LogP) is 0.900. The maximum absolute atomic E-state index is 10.8. The van der Waals surface area contributed by atoms with E-state index >= 15 is 0 Å². The Morgan fingerprint density at radius 2 is 2.10 bits per heavy atom. The largest absolute Gasteiger partial charge is 0.229 e. The molecule has 0 N–H and O–H groups in total. The Labute approximate surface area is 65.5 Å². The Kier molecular flexibility index (Phi) is 2.69. The number of hydrogen-bond donors (Lipinski definition) is 0. The zero-order chi connectivity index (χ0) is 8.41. The molecule has 0 aliphatic rings. The number of sulfone groups is 1. The second-order valence-electron chi connectivity index (χ2n) is 1.97. The van der Waals surface area contributed by atoms with Gasteiger partial charge in [0.1, 0.15) is 6.07 Å². The summed E-state index contributed by atoms with van der Waals surface area (Å²) >= 11 is 5.44. The summed E-state index contributed by atoms with van der Waals surface area (Å²) in [5.41, 5.74) is 0. The van der Waals surface area contributed by atoms with Crippen molar-refractivity contribution in [3.05, 3.63) is 0 Å². The van der Waals surface area contributed by atoms with Gasteiger partial charge >= 0.3 is 0 Å². The van der Waals surface area contributed by atoms with E-state index in [0.717, 1.165) is 6.26 Å². The summed E-state index contributed by atoms with van der Waals surface area (Å²) in [7, 11) is -3.46. The van der Waals surface area contributed by atoms with Crippen molar-refractivity contribution in [3.8, 4) is 6.07 Å². The molecule has 0 saturated heterocycles. The summed E-state index contributed by atoms with van der Waals surface area (Å²) in [6, 6.07) is 1.55. The highest BCUT2D eigenvalue weighted by atomic mass is 35.5. The van der Waals surface area contributed by atoms with Crippen LogP contribution in [-0.4, -0.2) is 18.9 Å². The second-order valence-corrected chi connectivity index (χ2v) is 5.08. The molecule has 0 fully saturated rings. The maximum Gasteiger partial charge on any atom is 0.229 e. The average Bonchev–Trinajstić information content (AvgIpc) is 1.84. The van der Waals surface area contributed by atoms with Gasteiger partial charge in [0.05, 0.1) is 0 Å². The third kappa shape index (κ3) is 1.61. The zero-order valence-electron chi connectivity index (χ0n) is 5.76. The number of halogens is 1. The second kappa shape index (κ2) is 2.77. The minimum absolute atomic E-state index is 0.101. The van der Waals surface area contributed by atoms with Crippen LogP contribution >= 0.6 is 11.6 Å². The molecule has 10 heavy (non-hydrogen) atoms. The van der Waals surface area contributed by atoms with Crippen LogP contribution in [0.3, 0.4) is 0 Å². The van der Waals surface area contributed by atoms with Gasteiger partial charge in [-0.2, -0.15) is 5.26 Å². The summed E-state index contributed by atoms with van der Waals surface area (Å²) < 4.78 is 19.8. The lowest BCUT2D eigenvalue weighted by atomic mass is 10.3. The first-order valence-electron chi connectivity index (χ1n) is 2.67. The number of rotatable bonds is 2. The summed E-state index contributed by atoms with van der Waals surface area (Å²) in [6.07, 6.45) is 1.05. The Bertz CT molecular complexity index is 253. The molecular weight excluding hydrogens is 174 g/mol. The first-order chi connectivity index (χ1) is 4.37. The summed E-state index contributed by atoms with van der Waals surface area (Å²) in [5.74, 6) is 0. The van der Waals surface area contributed by atoms with Crippen LogP contribution in [0.15, 0.2) is 0 Å². The summed E-state index contributed by atoms with van der Waals surface area (Å²) in [4.78, 5) is 0. The molecule has 3 nitrogen and oxygen atoms in total. The molecule has 0 aromatic rings. The highest BCUT2D eigenvalue weighted by molar-refractivity contribution is 7.93. The molecule has 0 spiro atoms. The highest BCUT2D eigenvalue weighted by Gasteiger charge is 2.36. The van der Waals surface area contributed by atoms with Crippen molar-refractivity contribution >= 4 is 21.4 Å². The van der Waals surface area contributed by atoms with Gasteiger partial charge < -0.3 is 0 Å². The molecule has 0 aromatic carbocycles. The highest BCUT2D eigenvalue weighted by Crippen LogP contribution is 2.24. The molecule has 0 unspecified atom stereocenters. The third-order valence-corrected chi connectivity index (χ3v) is 3.96. The van der Waals surface area contributed by atoms with E-state index in [1.807, 2.05) is 0 Å². The SMILES string of the molecule is CC[C@@](Cl)(C#N)S(C)(=O)=O. The minimum Gasteiger partial charge on any atom is -0.226 e. The van der Waals surface area contributed by atoms with Crippen molar-refractivity contribution in [1.82, 2.24) is 0 Å². The molecule has 0 bridgehead atoms. The van der Waals surface area contributed by atoms with Crippen LogP contribution in [0.2, 0.25) is 0 Å². The smallest absolute Gasteiger partial charge is 0.226 e. The fourth-order valence-electron chi connectivity index (χ4n) is 0.424. The summed E-state index contributed by atoms with van der Waals surface area (Å²) in [6.45, 7) is 1.55. The van der Waals surface area contributed by atoms with Crippen molar-refractivity contribution in [2.45, 2.75) is 17.6 Å². The standard InChI is InChI=1S/C5H8ClNO2S/c1-3-5(6,4-7)10(2,8)9/h3H2,1-2H3/t5-/m0/s1. The molecule has 0 aliphatic carbocycles. The predicted molar refractivity (Wildman–Crippen MR) is 39.3 cm³/mol. The van der Waals surface area contributed by atoms with Gasteiger partial charge in [0.25, 0.3) is 0 Å². The van der Waals surface area contributed by atoms with E-state index < -0.39 is 14.0 Å². The Hall–Kier alpha value is -0.270. The van der Waals surface area contributed by atoms with Crippen LogP contribution in [0.1, 0.15) is 13.3 Å². The Balaban J connectivity index is 4.92. The summed E-state index contributed by atoms with van der Waals surface area (Å²) in [5, 5.41) is 8.36. The molecule has 0 aromatic heterocycles. The van der Waals surface area contributed by atoms with Gasteiger partial charge in [-0.3, -0.25) is 0 Å². The van der Waals surface area contributed by atoms with Gasteiger partial charge in [0.2, 0.25) is 4.21 Å². The molecule has 0 aliphatic heterocycles. The Morgan fingerprint density at radius 1 is 1.70 bits per heavy atom. The lowest BCUT2D eigenvalue weighted by molar-refractivity contribution is 0.587. The molecule has 58 valence electrons. The fraction of sp³-hybridized carbons (Fsp3) is 0.800. The molecule has 1 atom stereocenters. The number of alkyl halides is 1. The quantitative estimate of drug-likeness (QED) is 0.595. The lowest BCUT2D eigenvalue weighted by Gasteiger charge is -2.12. The molecule has 0 radical (unpaired) electrons. The first kappa shape index (κ1) is 9.73. The van der Waals surface area contributed by atoms with E-state index in [0.29, 0.717) is 0 Å². The molecular formula is C5H8ClNO2S. The normalized spacial score (nSPS) is 17.4. The van der Waals surface area contributed by atoms with Crippen molar-refractivity contribution in [1.29, 1.82) is 5.26 Å². The van der Waals surface area contributed by atoms with E-state index in [9.17, 15) is 8.42 Å². The van der Waals surface area contributed by atoms with Crippen molar-refractivity contribution < 1.29 is 8.42 Å². The van der Waals surface area contributed by atoms with E-state index in [1.165, 1.54) is 0 Å². The van der Waals surface area contributed by atoms with Gasteiger partial charge in [-0.25, -0.2) is 8.42 Å². The first-order valence-corrected chi connectivity index (χ1v) is 4.94. The van der Waals surface area contributed by atoms with Crippen molar-refractivity contribution in [3.63, 3.8) is 0 Å². The number of hydrogen-bond acceptors (Lipinski definition) is 3. The van der Waals surface area contributed by atoms with E-state index in [-0.39, 0.29) is 6.42 Å². The topological polar surface area (TPSA) is 57.9 Å². The molecule has 0 amide bonds. The van der Waals surface area contributed by atoms with Gasteiger partial charge in [-0.05, 0) is 6.42 Å². The van der Waals surface area contributed by atoms with Crippen LogP contribution in [-0.2, 0) is 9.84 Å². The third-order valence-electron chi connectivity index (χ3n) is 1.21. The number of nitrogens with zero attached hydrogens (tertiary/aromatic N) is 1. The van der Waals surface area contributed by atoms with E-state index in [4.69, 9.17) is 16.9 Å². The van der Waals surface area contributed by atoms with Crippen LogP contribution in [0, 0.1) is 11.3 Å². The number of nitriles is 1. The maximum atomic E-state index is 10.8. The van der Waals surface area contributed by atoms with Gasteiger partial charge in [0.15, 0.2) is 9.84 Å². The lowest BCUT2D eigenvalue weighted by Crippen LogP contribution is -2.28. The molecule has 0 saturated carbocycles. The zero-order valence-corrected chi connectivity index (χ0v) is 7.33. The average molecular weight is 182 g/mol. The monoisotopic (exact) mass is 181 g/mol. The minimum atomic E-state index is -3.46. The molecule has 0 heterocycles. The van der Waals surface area contributed by atoms with Crippen LogP contribution in [0.4, 0.5) is 0 Å². The van der Waals surface area contributed by atoms with Crippen LogP contribution < -0.4 is 0 Å². The van der Waals surface area contributed by atoms with E-state index in [1.54, 1.807) is 13.0 Å². The van der Waals surface area contributed by atoms with E-state index in [2.05, 4.69) is 0 Å². The fourth-order valence-corrected chi connectivity index (χ4v) is 1.11. The molecule has 5 heteroatoms. The van der Waals surface area contributed by atoms with Crippen LogP contribution in [0.5, 0.6) is 0 Å².